The standard InChI is InChI=1S/C11H7ClF2N4O2/c12-11-16-5-9(18(19)20)10(17-11)15-4-6-1-2-7(13)8(14)3-6/h1-3,5H,4H2,(H,15,16,17). The maximum Gasteiger partial charge on any atom is 0.329 e. The van der Waals surface area contributed by atoms with E-state index in [0.29, 0.717) is 5.56 Å². The van der Waals surface area contributed by atoms with Gasteiger partial charge in [0.05, 0.1) is 4.92 Å². The van der Waals surface area contributed by atoms with E-state index in [2.05, 4.69) is 15.3 Å². The van der Waals surface area contributed by atoms with E-state index in [0.717, 1.165) is 18.3 Å². The van der Waals surface area contributed by atoms with E-state index >= 15 is 0 Å². The largest absolute Gasteiger partial charge is 0.360 e. The minimum Gasteiger partial charge on any atom is -0.360 e. The zero-order chi connectivity index (χ0) is 14.7. The number of rotatable bonds is 4. The van der Waals surface area contributed by atoms with Crippen LogP contribution in [0.2, 0.25) is 5.28 Å². The summed E-state index contributed by atoms with van der Waals surface area (Å²) in [5, 5.41) is 13.2. The van der Waals surface area contributed by atoms with Gasteiger partial charge >= 0.3 is 5.69 Å². The van der Waals surface area contributed by atoms with Crippen molar-refractivity contribution in [2.75, 3.05) is 5.32 Å². The van der Waals surface area contributed by atoms with Crippen LogP contribution in [-0.2, 0) is 6.54 Å². The molecule has 2 rings (SSSR count). The predicted octanol–water partition coefficient (Wildman–Crippen LogP) is 2.93. The molecule has 1 aromatic heterocycles. The summed E-state index contributed by atoms with van der Waals surface area (Å²) < 4.78 is 25.8. The molecule has 9 heteroatoms. The zero-order valence-corrected chi connectivity index (χ0v) is 10.6. The second-order valence-electron chi connectivity index (χ2n) is 3.73. The second kappa shape index (κ2) is 5.74. The summed E-state index contributed by atoms with van der Waals surface area (Å²) in [4.78, 5) is 17.3. The number of anilines is 1. The van der Waals surface area contributed by atoms with Crippen molar-refractivity contribution < 1.29 is 13.7 Å². The number of nitrogens with zero attached hydrogens (tertiary/aromatic N) is 3. The topological polar surface area (TPSA) is 81.0 Å². The summed E-state index contributed by atoms with van der Waals surface area (Å²) in [5.41, 5.74) is 0.0323. The molecule has 0 unspecified atom stereocenters. The van der Waals surface area contributed by atoms with E-state index < -0.39 is 16.6 Å². The maximum atomic E-state index is 13.0. The lowest BCUT2D eigenvalue weighted by atomic mass is 10.2. The van der Waals surface area contributed by atoms with Gasteiger partial charge in [-0.3, -0.25) is 10.1 Å². The molecule has 1 heterocycles. The minimum atomic E-state index is -1.00. The molecule has 0 bridgehead atoms. The van der Waals surface area contributed by atoms with Crippen molar-refractivity contribution in [3.05, 3.63) is 57.0 Å². The monoisotopic (exact) mass is 300 g/mol. The van der Waals surface area contributed by atoms with E-state index in [1.54, 1.807) is 0 Å². The van der Waals surface area contributed by atoms with Crippen LogP contribution in [-0.4, -0.2) is 14.9 Å². The molecule has 1 aromatic carbocycles. The fourth-order valence-electron chi connectivity index (χ4n) is 1.45. The summed E-state index contributed by atoms with van der Waals surface area (Å²) in [7, 11) is 0. The molecule has 0 aliphatic carbocycles. The number of halogens is 3. The van der Waals surface area contributed by atoms with Crippen molar-refractivity contribution >= 4 is 23.1 Å². The highest BCUT2D eigenvalue weighted by molar-refractivity contribution is 6.28. The van der Waals surface area contributed by atoms with Crippen molar-refractivity contribution in [1.29, 1.82) is 0 Å². The molecule has 0 spiro atoms. The number of aromatic nitrogens is 2. The van der Waals surface area contributed by atoms with Crippen LogP contribution >= 0.6 is 11.6 Å². The van der Waals surface area contributed by atoms with Crippen molar-refractivity contribution in [2.24, 2.45) is 0 Å². The molecule has 20 heavy (non-hydrogen) atoms. The van der Waals surface area contributed by atoms with Gasteiger partial charge in [-0.15, -0.1) is 0 Å². The Morgan fingerprint density at radius 2 is 2.10 bits per heavy atom. The van der Waals surface area contributed by atoms with Crippen LogP contribution in [0.3, 0.4) is 0 Å². The van der Waals surface area contributed by atoms with Gasteiger partial charge in [0.2, 0.25) is 11.1 Å². The van der Waals surface area contributed by atoms with Gasteiger partial charge in [0, 0.05) is 6.54 Å². The Morgan fingerprint density at radius 1 is 1.35 bits per heavy atom. The lowest BCUT2D eigenvalue weighted by Gasteiger charge is -2.06. The van der Waals surface area contributed by atoms with Gasteiger partial charge in [0.25, 0.3) is 0 Å². The fourth-order valence-corrected chi connectivity index (χ4v) is 1.59. The van der Waals surface area contributed by atoms with Crippen LogP contribution in [0, 0.1) is 21.7 Å². The molecular weight excluding hydrogens is 294 g/mol. The van der Waals surface area contributed by atoms with E-state index in [9.17, 15) is 18.9 Å². The Bertz CT molecular complexity index is 669. The molecule has 0 radical (unpaired) electrons. The summed E-state index contributed by atoms with van der Waals surface area (Å²) in [6, 6.07) is 3.30. The van der Waals surface area contributed by atoms with Gasteiger partial charge in [0.15, 0.2) is 11.6 Å². The number of benzene rings is 1. The first-order chi connectivity index (χ1) is 9.47. The molecule has 0 saturated heterocycles. The molecular formula is C11H7ClF2N4O2. The van der Waals surface area contributed by atoms with Crippen LogP contribution in [0.5, 0.6) is 0 Å². The van der Waals surface area contributed by atoms with E-state index in [-0.39, 0.29) is 23.3 Å². The lowest BCUT2D eigenvalue weighted by molar-refractivity contribution is -0.384. The van der Waals surface area contributed by atoms with Gasteiger partial charge < -0.3 is 5.32 Å². The van der Waals surface area contributed by atoms with Gasteiger partial charge in [-0.2, -0.15) is 4.98 Å². The third-order valence-electron chi connectivity index (χ3n) is 2.38. The summed E-state index contributed by atoms with van der Waals surface area (Å²) >= 11 is 5.55. The van der Waals surface area contributed by atoms with Crippen molar-refractivity contribution in [3.63, 3.8) is 0 Å². The predicted molar refractivity (Wildman–Crippen MR) is 67.4 cm³/mol. The van der Waals surface area contributed by atoms with Gasteiger partial charge in [-0.1, -0.05) is 6.07 Å². The molecule has 6 nitrogen and oxygen atoms in total. The quantitative estimate of drug-likeness (QED) is 0.533. The number of hydrogen-bond donors (Lipinski definition) is 1. The van der Waals surface area contributed by atoms with Crippen LogP contribution in [0.4, 0.5) is 20.3 Å². The van der Waals surface area contributed by atoms with Crippen molar-refractivity contribution in [3.8, 4) is 0 Å². The minimum absolute atomic E-state index is 0.0192. The molecule has 104 valence electrons. The van der Waals surface area contributed by atoms with E-state index in [1.165, 1.54) is 6.07 Å². The average molecular weight is 301 g/mol. The molecule has 0 fully saturated rings. The molecule has 0 aliphatic rings. The Labute approximate surface area is 116 Å². The normalized spacial score (nSPS) is 10.3. The second-order valence-corrected chi connectivity index (χ2v) is 4.07. The zero-order valence-electron chi connectivity index (χ0n) is 9.81. The first-order valence-electron chi connectivity index (χ1n) is 5.32. The SMILES string of the molecule is O=[N+]([O-])c1cnc(Cl)nc1NCc1ccc(F)c(F)c1. The Kier molecular flexibility index (Phi) is 4.04. The van der Waals surface area contributed by atoms with Gasteiger partial charge in [-0.25, -0.2) is 13.8 Å². The lowest BCUT2D eigenvalue weighted by Crippen LogP contribution is -2.06. The Balaban J connectivity index is 2.20. The van der Waals surface area contributed by atoms with Crippen LogP contribution in [0.25, 0.3) is 0 Å². The highest BCUT2D eigenvalue weighted by Gasteiger charge is 2.16. The molecule has 0 amide bonds. The first-order valence-corrected chi connectivity index (χ1v) is 5.70. The van der Waals surface area contributed by atoms with Crippen LogP contribution < -0.4 is 5.32 Å². The molecule has 2 aromatic rings. The van der Waals surface area contributed by atoms with Crippen molar-refractivity contribution in [1.82, 2.24) is 9.97 Å². The number of hydrogen-bond acceptors (Lipinski definition) is 5. The van der Waals surface area contributed by atoms with Crippen LogP contribution in [0.1, 0.15) is 5.56 Å². The number of nitro groups is 1. The Hall–Kier alpha value is -2.35. The maximum absolute atomic E-state index is 13.0. The average Bonchev–Trinajstić information content (AvgIpc) is 2.40. The third-order valence-corrected chi connectivity index (χ3v) is 2.56. The van der Waals surface area contributed by atoms with Crippen LogP contribution in [0.15, 0.2) is 24.4 Å². The smallest absolute Gasteiger partial charge is 0.329 e. The summed E-state index contributed by atoms with van der Waals surface area (Å²) in [5.74, 6) is -2.07. The highest BCUT2D eigenvalue weighted by Crippen LogP contribution is 2.22. The number of nitrogens with one attached hydrogen (secondary N) is 1. The molecule has 0 atom stereocenters. The molecule has 0 aliphatic heterocycles. The highest BCUT2D eigenvalue weighted by atomic mass is 35.5. The third kappa shape index (κ3) is 3.15. The van der Waals surface area contributed by atoms with Crippen molar-refractivity contribution in [2.45, 2.75) is 6.54 Å². The van der Waals surface area contributed by atoms with Gasteiger partial charge in [-0.05, 0) is 29.3 Å². The first kappa shape index (κ1) is 14.1. The summed E-state index contributed by atoms with van der Waals surface area (Å²) in [6.07, 6.45) is 0.961. The fraction of sp³-hybridized carbons (Fsp3) is 0.0909. The Morgan fingerprint density at radius 3 is 2.75 bits per heavy atom. The molecule has 1 N–H and O–H groups in total. The summed E-state index contributed by atoms with van der Waals surface area (Å²) in [6.45, 7) is 0.0192. The van der Waals surface area contributed by atoms with E-state index in [1.807, 2.05) is 0 Å². The van der Waals surface area contributed by atoms with Gasteiger partial charge in [0.1, 0.15) is 6.20 Å². The van der Waals surface area contributed by atoms with E-state index in [4.69, 9.17) is 11.6 Å². The molecule has 0 saturated carbocycles.